The van der Waals surface area contributed by atoms with E-state index in [-0.39, 0.29) is 22.8 Å². The van der Waals surface area contributed by atoms with Crippen LogP contribution in [0.3, 0.4) is 0 Å². The van der Waals surface area contributed by atoms with Crippen molar-refractivity contribution in [2.24, 2.45) is 0 Å². The van der Waals surface area contributed by atoms with Gasteiger partial charge in [0.2, 0.25) is 5.78 Å². The quantitative estimate of drug-likeness (QED) is 0.325. The van der Waals surface area contributed by atoms with Crippen LogP contribution in [0.25, 0.3) is 0 Å². The number of benzene rings is 1. The number of carbonyl (C=O) groups is 2. The lowest BCUT2D eigenvalue weighted by Gasteiger charge is -2.07. The van der Waals surface area contributed by atoms with Gasteiger partial charge in [-0.15, -0.1) is 0 Å². The van der Waals surface area contributed by atoms with E-state index in [1.807, 2.05) is 25.3 Å². The highest BCUT2D eigenvalue weighted by atomic mass is 16.6. The summed E-state index contributed by atoms with van der Waals surface area (Å²) in [5.74, 6) is -1.10. The summed E-state index contributed by atoms with van der Waals surface area (Å²) in [5.41, 5.74) is 1.89. The minimum atomic E-state index is -0.812. The van der Waals surface area contributed by atoms with Crippen molar-refractivity contribution >= 4 is 17.4 Å². The zero-order valence-electron chi connectivity index (χ0n) is 15.1. The summed E-state index contributed by atoms with van der Waals surface area (Å²) in [7, 11) is 1.30. The third-order valence-corrected chi connectivity index (χ3v) is 4.14. The molecule has 8 heteroatoms. The number of ether oxygens (including phenoxy) is 2. The number of aromatic nitrogens is 1. The van der Waals surface area contributed by atoms with Crippen LogP contribution in [0.4, 0.5) is 5.69 Å². The Bertz CT molecular complexity index is 869. The molecule has 0 aliphatic heterocycles. The van der Waals surface area contributed by atoms with Gasteiger partial charge in [0.25, 0.3) is 0 Å². The molecule has 0 unspecified atom stereocenters. The minimum Gasteiger partial charge on any atom is -0.490 e. The summed E-state index contributed by atoms with van der Waals surface area (Å²) in [5, 5.41) is 11.0. The van der Waals surface area contributed by atoms with Crippen molar-refractivity contribution in [1.29, 1.82) is 0 Å². The number of aryl methyl sites for hydroxylation is 1. The molecular formula is C18H20N2O6. The normalized spacial score (nSPS) is 10.5. The van der Waals surface area contributed by atoms with Gasteiger partial charge in [-0.1, -0.05) is 0 Å². The maximum Gasteiger partial charge on any atom is 0.338 e. The van der Waals surface area contributed by atoms with Crippen molar-refractivity contribution in [1.82, 2.24) is 4.57 Å². The second kappa shape index (κ2) is 7.81. The number of hydrogen-bond donors (Lipinski definition) is 0. The number of rotatable bonds is 7. The Morgan fingerprint density at radius 1 is 1.23 bits per heavy atom. The molecule has 0 saturated carbocycles. The first-order valence-electron chi connectivity index (χ1n) is 7.99. The molecule has 0 aliphatic carbocycles. The molecule has 0 spiro atoms. The summed E-state index contributed by atoms with van der Waals surface area (Å²) >= 11 is 0. The summed E-state index contributed by atoms with van der Waals surface area (Å²) < 4.78 is 11.9. The fraction of sp³-hybridized carbons (Fsp3) is 0.333. The molecule has 1 heterocycles. The molecule has 138 valence electrons. The Balaban J connectivity index is 2.13. The van der Waals surface area contributed by atoms with Crippen LogP contribution in [0.1, 0.15) is 39.0 Å². The molecule has 0 bridgehead atoms. The maximum atomic E-state index is 12.3. The van der Waals surface area contributed by atoms with Crippen LogP contribution in [-0.4, -0.2) is 35.0 Å². The van der Waals surface area contributed by atoms with Gasteiger partial charge in [0.15, 0.2) is 12.4 Å². The van der Waals surface area contributed by atoms with Crippen molar-refractivity contribution in [3.63, 3.8) is 0 Å². The second-order valence-electron chi connectivity index (χ2n) is 5.67. The highest BCUT2D eigenvalue weighted by Gasteiger charge is 2.21. The number of carbonyl (C=O) groups excluding carboxylic acids is 2. The van der Waals surface area contributed by atoms with Gasteiger partial charge in [-0.3, -0.25) is 14.9 Å². The zero-order valence-corrected chi connectivity index (χ0v) is 15.1. The smallest absolute Gasteiger partial charge is 0.338 e. The number of nitro groups is 1. The van der Waals surface area contributed by atoms with E-state index in [1.165, 1.54) is 19.2 Å². The number of methoxy groups -OCH3 is 1. The molecule has 0 amide bonds. The van der Waals surface area contributed by atoms with Crippen molar-refractivity contribution in [2.45, 2.75) is 27.3 Å². The Kier molecular flexibility index (Phi) is 5.76. The summed E-state index contributed by atoms with van der Waals surface area (Å²) in [6.45, 7) is 6.01. The fourth-order valence-electron chi connectivity index (χ4n) is 2.82. The molecule has 0 radical (unpaired) electrons. The van der Waals surface area contributed by atoms with Gasteiger partial charge >= 0.3 is 11.7 Å². The minimum absolute atomic E-state index is 0.0238. The van der Waals surface area contributed by atoms with Crippen molar-refractivity contribution in [2.75, 3.05) is 13.7 Å². The largest absolute Gasteiger partial charge is 0.490 e. The van der Waals surface area contributed by atoms with E-state index in [0.29, 0.717) is 5.56 Å². The Morgan fingerprint density at radius 3 is 2.46 bits per heavy atom. The van der Waals surface area contributed by atoms with Crippen LogP contribution in [0, 0.1) is 24.0 Å². The molecule has 0 aliphatic rings. The third kappa shape index (κ3) is 3.74. The van der Waals surface area contributed by atoms with Gasteiger partial charge in [-0.05, 0) is 39.0 Å². The van der Waals surface area contributed by atoms with Gasteiger partial charge in [0.1, 0.15) is 0 Å². The van der Waals surface area contributed by atoms with Gasteiger partial charge < -0.3 is 14.0 Å². The van der Waals surface area contributed by atoms with Crippen LogP contribution in [-0.2, 0) is 11.3 Å². The predicted octanol–water partition coefficient (Wildman–Crippen LogP) is 3.08. The first-order valence-corrected chi connectivity index (χ1v) is 7.99. The highest BCUT2D eigenvalue weighted by molar-refractivity contribution is 6.00. The maximum absolute atomic E-state index is 12.3. The van der Waals surface area contributed by atoms with Crippen LogP contribution < -0.4 is 4.74 Å². The fourth-order valence-corrected chi connectivity index (χ4v) is 2.82. The molecule has 0 atom stereocenters. The van der Waals surface area contributed by atoms with Crippen LogP contribution in [0.15, 0.2) is 24.3 Å². The first kappa shape index (κ1) is 19.2. The molecule has 2 rings (SSSR count). The topological polar surface area (TPSA) is 101 Å². The molecular weight excluding hydrogens is 340 g/mol. The van der Waals surface area contributed by atoms with Crippen LogP contribution >= 0.6 is 0 Å². The summed E-state index contributed by atoms with van der Waals surface area (Å²) in [6.07, 6.45) is 0. The lowest BCUT2D eigenvalue weighted by Crippen LogP contribution is -2.15. The van der Waals surface area contributed by atoms with E-state index < -0.39 is 17.5 Å². The van der Waals surface area contributed by atoms with Crippen molar-refractivity contribution in [3.8, 4) is 5.75 Å². The monoisotopic (exact) mass is 360 g/mol. The predicted molar refractivity (Wildman–Crippen MR) is 93.8 cm³/mol. The van der Waals surface area contributed by atoms with Crippen LogP contribution in [0.5, 0.6) is 5.75 Å². The number of Topliss-reactive ketones (excluding diaryl/α,β-unsaturated/α-hetero) is 1. The highest BCUT2D eigenvalue weighted by Crippen LogP contribution is 2.27. The molecule has 0 saturated heterocycles. The van der Waals surface area contributed by atoms with Gasteiger partial charge in [0, 0.05) is 29.6 Å². The lowest BCUT2D eigenvalue weighted by atomic mass is 10.1. The second-order valence-corrected chi connectivity index (χ2v) is 5.67. The molecule has 0 fully saturated rings. The number of hydrogen-bond acceptors (Lipinski definition) is 6. The Labute approximate surface area is 150 Å². The average molecular weight is 360 g/mol. The Morgan fingerprint density at radius 2 is 1.92 bits per heavy atom. The average Bonchev–Trinajstić information content (AvgIpc) is 2.92. The van der Waals surface area contributed by atoms with E-state index in [4.69, 9.17) is 9.47 Å². The third-order valence-electron chi connectivity index (χ3n) is 4.14. The number of ketones is 1. The zero-order chi connectivity index (χ0) is 19.4. The molecule has 26 heavy (non-hydrogen) atoms. The number of nitro benzene ring substituents is 1. The standard InChI is InChI=1S/C18H20N2O6/c1-5-19-11(2)8-14(12(19)3)16(21)10-26-18(22)13-6-7-17(25-4)15(9-13)20(23)24/h6-9H,5,10H2,1-4H3. The number of esters is 1. The lowest BCUT2D eigenvalue weighted by molar-refractivity contribution is -0.385. The van der Waals surface area contributed by atoms with E-state index >= 15 is 0 Å². The summed E-state index contributed by atoms with van der Waals surface area (Å²) in [4.78, 5) is 34.8. The van der Waals surface area contributed by atoms with Crippen LogP contribution in [0.2, 0.25) is 0 Å². The van der Waals surface area contributed by atoms with E-state index in [9.17, 15) is 19.7 Å². The molecule has 0 N–H and O–H groups in total. The summed E-state index contributed by atoms with van der Waals surface area (Å²) in [6, 6.07) is 5.48. The van der Waals surface area contributed by atoms with E-state index in [0.717, 1.165) is 24.0 Å². The molecule has 1 aromatic carbocycles. The van der Waals surface area contributed by atoms with Gasteiger partial charge in [-0.2, -0.15) is 0 Å². The Hall–Kier alpha value is -3.16. The van der Waals surface area contributed by atoms with E-state index in [1.54, 1.807) is 6.07 Å². The molecule has 2 aromatic rings. The van der Waals surface area contributed by atoms with Gasteiger partial charge in [0.05, 0.1) is 17.6 Å². The van der Waals surface area contributed by atoms with Crippen molar-refractivity contribution in [3.05, 3.63) is 56.9 Å². The van der Waals surface area contributed by atoms with Crippen molar-refractivity contribution < 1.29 is 24.0 Å². The van der Waals surface area contributed by atoms with E-state index in [2.05, 4.69) is 0 Å². The number of nitrogens with zero attached hydrogens (tertiary/aromatic N) is 2. The molecule has 1 aromatic heterocycles. The van der Waals surface area contributed by atoms with Gasteiger partial charge in [-0.25, -0.2) is 4.79 Å². The SMILES string of the molecule is CCn1c(C)cc(C(=O)COC(=O)c2ccc(OC)c([N+](=O)[O-])c2)c1C. The molecule has 8 nitrogen and oxygen atoms in total. The first-order chi connectivity index (χ1) is 12.3.